The van der Waals surface area contributed by atoms with Crippen molar-refractivity contribution in [3.05, 3.63) is 65.7 Å². The van der Waals surface area contributed by atoms with Crippen LogP contribution in [-0.2, 0) is 15.8 Å². The summed E-state index contributed by atoms with van der Waals surface area (Å²) in [7, 11) is -3.37. The first-order chi connectivity index (χ1) is 10.4. The summed E-state index contributed by atoms with van der Waals surface area (Å²) < 4.78 is 32.4. The van der Waals surface area contributed by atoms with E-state index in [1.165, 1.54) is 0 Å². The molecule has 0 radical (unpaired) electrons. The van der Waals surface area contributed by atoms with Gasteiger partial charge in [0.25, 0.3) is 0 Å². The highest BCUT2D eigenvalue weighted by Gasteiger charge is 2.14. The van der Waals surface area contributed by atoms with Gasteiger partial charge in [0.2, 0.25) is 10.0 Å². The first kappa shape index (κ1) is 16.5. The van der Waals surface area contributed by atoms with Gasteiger partial charge < -0.3 is 4.74 Å². The number of nitrogens with one attached hydrogen (secondary N) is 1. The van der Waals surface area contributed by atoms with E-state index in [2.05, 4.69) is 4.72 Å². The molecule has 118 valence electrons. The molecule has 1 unspecified atom stereocenters. The zero-order valence-electron chi connectivity index (χ0n) is 12.8. The Bertz CT molecular complexity index is 699. The van der Waals surface area contributed by atoms with Crippen LogP contribution in [-0.4, -0.2) is 21.1 Å². The fraction of sp³-hybridized carbons (Fsp3) is 0.294. The molecule has 0 spiro atoms. The maximum atomic E-state index is 12.1. The summed E-state index contributed by atoms with van der Waals surface area (Å²) in [6, 6.07) is 16.9. The van der Waals surface area contributed by atoms with Crippen LogP contribution in [0.15, 0.2) is 54.6 Å². The molecular formula is C17H21NO3S. The third kappa shape index (κ3) is 5.50. The van der Waals surface area contributed by atoms with Crippen molar-refractivity contribution in [1.82, 2.24) is 4.72 Å². The zero-order chi connectivity index (χ0) is 16.0. The van der Waals surface area contributed by atoms with Gasteiger partial charge in [-0.15, -0.1) is 0 Å². The van der Waals surface area contributed by atoms with E-state index in [0.29, 0.717) is 0 Å². The van der Waals surface area contributed by atoms with Gasteiger partial charge in [0.1, 0.15) is 11.9 Å². The van der Waals surface area contributed by atoms with Crippen LogP contribution in [0.2, 0.25) is 0 Å². The lowest BCUT2D eigenvalue weighted by Crippen LogP contribution is -2.34. The molecule has 22 heavy (non-hydrogen) atoms. The topological polar surface area (TPSA) is 55.4 Å². The van der Waals surface area contributed by atoms with Crippen LogP contribution in [0.4, 0.5) is 0 Å². The summed E-state index contributed by atoms with van der Waals surface area (Å²) in [5.41, 5.74) is 1.83. The number of aryl methyl sites for hydroxylation is 1. The second kappa shape index (κ2) is 7.42. The smallest absolute Gasteiger partial charge is 0.215 e. The first-order valence-corrected chi connectivity index (χ1v) is 8.84. The van der Waals surface area contributed by atoms with Gasteiger partial charge in [0.05, 0.1) is 5.75 Å². The molecule has 0 aliphatic rings. The predicted octanol–water partition coefficient (Wildman–Crippen LogP) is 2.88. The van der Waals surface area contributed by atoms with Gasteiger partial charge in [0.15, 0.2) is 0 Å². The molecule has 2 rings (SSSR count). The maximum absolute atomic E-state index is 12.1. The summed E-state index contributed by atoms with van der Waals surface area (Å²) in [5, 5.41) is 0. The van der Waals surface area contributed by atoms with E-state index in [1.807, 2.05) is 68.4 Å². The molecule has 2 aromatic carbocycles. The molecule has 0 saturated carbocycles. The SMILES string of the molecule is Cc1cccc(CS(=O)(=O)NCC(C)Oc2ccccc2)c1. The lowest BCUT2D eigenvalue weighted by atomic mass is 10.2. The molecule has 0 aliphatic carbocycles. The van der Waals surface area contributed by atoms with Crippen molar-refractivity contribution < 1.29 is 13.2 Å². The molecule has 0 fully saturated rings. The van der Waals surface area contributed by atoms with Crippen molar-refractivity contribution >= 4 is 10.0 Å². The van der Waals surface area contributed by atoms with Gasteiger partial charge in [-0.25, -0.2) is 13.1 Å². The molecule has 0 heterocycles. The minimum atomic E-state index is -3.37. The summed E-state index contributed by atoms with van der Waals surface area (Å²) >= 11 is 0. The minimum absolute atomic E-state index is 0.0211. The minimum Gasteiger partial charge on any atom is -0.489 e. The molecule has 2 aromatic rings. The molecule has 0 aliphatic heterocycles. The Morgan fingerprint density at radius 3 is 2.50 bits per heavy atom. The van der Waals surface area contributed by atoms with Crippen LogP contribution >= 0.6 is 0 Å². The van der Waals surface area contributed by atoms with Gasteiger partial charge in [-0.3, -0.25) is 0 Å². The molecule has 5 heteroatoms. The number of para-hydroxylation sites is 1. The monoisotopic (exact) mass is 319 g/mol. The Balaban J connectivity index is 1.87. The molecule has 4 nitrogen and oxygen atoms in total. The van der Waals surface area contributed by atoms with Gasteiger partial charge in [-0.05, 0) is 31.5 Å². The second-order valence-corrected chi connectivity index (χ2v) is 7.14. The highest BCUT2D eigenvalue weighted by Crippen LogP contribution is 2.11. The van der Waals surface area contributed by atoms with Crippen LogP contribution in [0.25, 0.3) is 0 Å². The molecule has 0 amide bonds. The Morgan fingerprint density at radius 1 is 1.09 bits per heavy atom. The van der Waals surface area contributed by atoms with E-state index in [1.54, 1.807) is 0 Å². The molecule has 1 N–H and O–H groups in total. The summed E-state index contributed by atoms with van der Waals surface area (Å²) in [6.45, 7) is 4.02. The van der Waals surface area contributed by atoms with Crippen LogP contribution < -0.4 is 9.46 Å². The van der Waals surface area contributed by atoms with Crippen molar-refractivity contribution in [3.8, 4) is 5.75 Å². The average Bonchev–Trinajstić information content (AvgIpc) is 2.46. The van der Waals surface area contributed by atoms with Crippen molar-refractivity contribution in [2.24, 2.45) is 0 Å². The Labute approximate surface area is 132 Å². The largest absolute Gasteiger partial charge is 0.489 e. The van der Waals surface area contributed by atoms with E-state index in [0.717, 1.165) is 16.9 Å². The number of rotatable bonds is 7. The summed E-state index contributed by atoms with van der Waals surface area (Å²) in [6.07, 6.45) is -0.241. The van der Waals surface area contributed by atoms with Crippen LogP contribution in [0.5, 0.6) is 5.75 Å². The summed E-state index contributed by atoms with van der Waals surface area (Å²) in [5.74, 6) is 0.708. The Morgan fingerprint density at radius 2 is 1.82 bits per heavy atom. The van der Waals surface area contributed by atoms with Gasteiger partial charge in [0, 0.05) is 6.54 Å². The molecule has 0 aromatic heterocycles. The fourth-order valence-electron chi connectivity index (χ4n) is 2.09. The number of ether oxygens (including phenoxy) is 1. The summed E-state index contributed by atoms with van der Waals surface area (Å²) in [4.78, 5) is 0. The van der Waals surface area contributed by atoms with Crippen molar-refractivity contribution in [1.29, 1.82) is 0 Å². The number of hydrogen-bond acceptors (Lipinski definition) is 3. The Hall–Kier alpha value is -1.85. The van der Waals surface area contributed by atoms with Crippen molar-refractivity contribution in [2.45, 2.75) is 25.7 Å². The number of hydrogen-bond donors (Lipinski definition) is 1. The van der Waals surface area contributed by atoms with E-state index in [4.69, 9.17) is 4.74 Å². The van der Waals surface area contributed by atoms with Crippen LogP contribution in [0, 0.1) is 6.92 Å². The molecule has 1 atom stereocenters. The van der Waals surface area contributed by atoms with Crippen LogP contribution in [0.3, 0.4) is 0 Å². The van der Waals surface area contributed by atoms with E-state index in [-0.39, 0.29) is 18.4 Å². The first-order valence-electron chi connectivity index (χ1n) is 7.19. The standard InChI is InChI=1S/C17H21NO3S/c1-14-7-6-8-16(11-14)13-22(19,20)18-12-15(2)21-17-9-4-3-5-10-17/h3-11,15,18H,12-13H2,1-2H3. The fourth-order valence-corrected chi connectivity index (χ4v) is 3.30. The molecular weight excluding hydrogens is 298 g/mol. The van der Waals surface area contributed by atoms with Gasteiger partial charge in [-0.2, -0.15) is 0 Å². The molecule has 0 saturated heterocycles. The van der Waals surface area contributed by atoms with Crippen molar-refractivity contribution in [3.63, 3.8) is 0 Å². The van der Waals surface area contributed by atoms with Crippen molar-refractivity contribution in [2.75, 3.05) is 6.54 Å². The predicted molar refractivity (Wildman–Crippen MR) is 88.3 cm³/mol. The lowest BCUT2D eigenvalue weighted by molar-refractivity contribution is 0.225. The third-order valence-corrected chi connectivity index (χ3v) is 4.43. The Kier molecular flexibility index (Phi) is 5.57. The van der Waals surface area contributed by atoms with E-state index >= 15 is 0 Å². The zero-order valence-corrected chi connectivity index (χ0v) is 13.6. The van der Waals surface area contributed by atoms with Crippen LogP contribution in [0.1, 0.15) is 18.1 Å². The highest BCUT2D eigenvalue weighted by molar-refractivity contribution is 7.88. The quantitative estimate of drug-likeness (QED) is 0.854. The van der Waals surface area contributed by atoms with Gasteiger partial charge >= 0.3 is 0 Å². The lowest BCUT2D eigenvalue weighted by Gasteiger charge is -2.15. The van der Waals surface area contributed by atoms with E-state index < -0.39 is 10.0 Å². The average molecular weight is 319 g/mol. The number of benzene rings is 2. The van der Waals surface area contributed by atoms with E-state index in [9.17, 15) is 8.42 Å². The van der Waals surface area contributed by atoms with Gasteiger partial charge in [-0.1, -0.05) is 48.0 Å². The number of sulfonamides is 1. The highest BCUT2D eigenvalue weighted by atomic mass is 32.2. The normalized spacial score (nSPS) is 12.8. The molecule has 0 bridgehead atoms. The third-order valence-electron chi connectivity index (χ3n) is 3.11. The second-order valence-electron chi connectivity index (χ2n) is 5.34. The maximum Gasteiger partial charge on any atom is 0.215 e.